The first-order valence-electron chi connectivity index (χ1n) is 6.27. The molecule has 0 unspecified atom stereocenters. The third-order valence-electron chi connectivity index (χ3n) is 2.61. The van der Waals surface area contributed by atoms with Crippen molar-refractivity contribution in [2.75, 3.05) is 6.54 Å². The molecule has 3 N–H and O–H groups in total. The second-order valence-corrected chi connectivity index (χ2v) is 5.11. The minimum Gasteiger partial charge on any atom is -1.00 e. The summed E-state index contributed by atoms with van der Waals surface area (Å²) in [6, 6.07) is 6.42. The fraction of sp³-hybridized carbons (Fsp3) is 0.385. The molecule has 0 radical (unpaired) electrons. The lowest BCUT2D eigenvalue weighted by molar-refractivity contribution is -0.368. The predicted molar refractivity (Wildman–Crippen MR) is 71.0 cm³/mol. The number of hydrogen-bond donors (Lipinski definition) is 1. The number of thioether (sulfide) groups is 1. The Morgan fingerprint density at radius 2 is 1.90 bits per heavy atom. The highest BCUT2D eigenvalue weighted by atomic mass is 35.5. The summed E-state index contributed by atoms with van der Waals surface area (Å²) in [5.41, 5.74) is 4.82. The van der Waals surface area contributed by atoms with Crippen LogP contribution in [0.15, 0.2) is 33.9 Å². The first-order valence-corrected chi connectivity index (χ1v) is 7.25. The van der Waals surface area contributed by atoms with E-state index in [2.05, 4.69) is 15.9 Å². The average molecular weight is 318 g/mol. The quantitative estimate of drug-likeness (QED) is 0.529. The van der Waals surface area contributed by atoms with Crippen molar-refractivity contribution in [3.63, 3.8) is 0 Å². The fourth-order valence-electron chi connectivity index (χ4n) is 1.58. The van der Waals surface area contributed by atoms with Gasteiger partial charge in [-0.3, -0.25) is 0 Å². The van der Waals surface area contributed by atoms with Crippen molar-refractivity contribution in [1.29, 1.82) is 0 Å². The highest BCUT2D eigenvalue weighted by Crippen LogP contribution is 2.21. The minimum atomic E-state index is -0.223. The number of halogens is 2. The molecule has 0 saturated heterocycles. The van der Waals surface area contributed by atoms with Crippen molar-refractivity contribution in [3.05, 3.63) is 41.5 Å². The van der Waals surface area contributed by atoms with Crippen LogP contribution in [0.1, 0.15) is 24.3 Å². The Bertz CT molecular complexity index is 507. The van der Waals surface area contributed by atoms with Crippen molar-refractivity contribution in [2.45, 2.75) is 30.2 Å². The zero-order chi connectivity index (χ0) is 13.5. The molecule has 0 spiro atoms. The number of nitrogens with zero attached hydrogens (tertiary/aromatic N) is 2. The molecule has 0 amide bonds. The number of hydrogen-bond acceptors (Lipinski definition) is 4. The second kappa shape index (κ2) is 8.94. The summed E-state index contributed by atoms with van der Waals surface area (Å²) >= 11 is 1.46. The first-order chi connectivity index (χ1) is 9.28. The molecule has 110 valence electrons. The summed E-state index contributed by atoms with van der Waals surface area (Å²) in [6.45, 7) is 0.931. The number of quaternary nitrogens is 1. The number of benzene rings is 1. The van der Waals surface area contributed by atoms with Gasteiger partial charge in [0.2, 0.25) is 5.89 Å². The lowest BCUT2D eigenvalue weighted by atomic mass is 10.2. The fourth-order valence-corrected chi connectivity index (χ4v) is 2.31. The Kier molecular flexibility index (Phi) is 7.58. The van der Waals surface area contributed by atoms with Crippen LogP contribution in [-0.2, 0) is 12.2 Å². The number of aryl methyl sites for hydroxylation is 1. The van der Waals surface area contributed by atoms with Crippen LogP contribution in [0, 0.1) is 5.82 Å². The topological polar surface area (TPSA) is 66.6 Å². The summed E-state index contributed by atoms with van der Waals surface area (Å²) in [7, 11) is 0. The molecular formula is C13H17ClFN3OS. The largest absolute Gasteiger partial charge is 1.00 e. The van der Waals surface area contributed by atoms with E-state index in [0.717, 1.165) is 31.4 Å². The Labute approximate surface area is 127 Å². The van der Waals surface area contributed by atoms with E-state index in [-0.39, 0.29) is 18.2 Å². The van der Waals surface area contributed by atoms with Gasteiger partial charge in [0.25, 0.3) is 5.22 Å². The van der Waals surface area contributed by atoms with Gasteiger partial charge in [-0.25, -0.2) is 4.39 Å². The molecule has 20 heavy (non-hydrogen) atoms. The Morgan fingerprint density at radius 3 is 2.60 bits per heavy atom. The predicted octanol–water partition coefficient (Wildman–Crippen LogP) is -0.930. The van der Waals surface area contributed by atoms with E-state index in [4.69, 9.17) is 4.42 Å². The molecule has 0 aliphatic heterocycles. The molecule has 0 saturated carbocycles. The molecule has 0 bridgehead atoms. The van der Waals surface area contributed by atoms with Crippen molar-refractivity contribution < 1.29 is 26.9 Å². The first kappa shape index (κ1) is 16.9. The van der Waals surface area contributed by atoms with Crippen molar-refractivity contribution >= 4 is 11.8 Å². The normalized spacial score (nSPS) is 10.3. The van der Waals surface area contributed by atoms with E-state index in [1.807, 2.05) is 0 Å². The van der Waals surface area contributed by atoms with Crippen LogP contribution < -0.4 is 18.1 Å². The third kappa shape index (κ3) is 5.48. The summed E-state index contributed by atoms with van der Waals surface area (Å²) in [4.78, 5) is 0. The molecule has 4 nitrogen and oxygen atoms in total. The van der Waals surface area contributed by atoms with Crippen LogP contribution in [0.3, 0.4) is 0 Å². The van der Waals surface area contributed by atoms with Crippen LogP contribution in [-0.4, -0.2) is 16.7 Å². The molecule has 1 aromatic carbocycles. The Morgan fingerprint density at radius 1 is 1.15 bits per heavy atom. The van der Waals surface area contributed by atoms with Gasteiger partial charge in [0.1, 0.15) is 5.82 Å². The van der Waals surface area contributed by atoms with Crippen molar-refractivity contribution in [1.82, 2.24) is 10.2 Å². The molecule has 2 aromatic rings. The number of rotatable bonds is 7. The van der Waals surface area contributed by atoms with Gasteiger partial charge in [0, 0.05) is 12.2 Å². The van der Waals surface area contributed by atoms with Gasteiger partial charge in [-0.05, 0) is 30.5 Å². The Hall–Kier alpha value is -1.11. The van der Waals surface area contributed by atoms with E-state index in [1.54, 1.807) is 12.1 Å². The van der Waals surface area contributed by atoms with Crippen molar-refractivity contribution in [2.24, 2.45) is 0 Å². The van der Waals surface area contributed by atoms with Crippen LogP contribution >= 0.6 is 11.8 Å². The summed E-state index contributed by atoms with van der Waals surface area (Å²) in [5, 5.41) is 8.54. The lowest BCUT2D eigenvalue weighted by Gasteiger charge is -1.97. The van der Waals surface area contributed by atoms with Gasteiger partial charge >= 0.3 is 0 Å². The second-order valence-electron chi connectivity index (χ2n) is 4.19. The van der Waals surface area contributed by atoms with Crippen LogP contribution in [0.2, 0.25) is 0 Å². The highest BCUT2D eigenvalue weighted by Gasteiger charge is 2.07. The molecule has 1 heterocycles. The van der Waals surface area contributed by atoms with E-state index in [0.29, 0.717) is 16.9 Å². The zero-order valence-corrected chi connectivity index (χ0v) is 12.6. The molecule has 2 rings (SSSR count). The number of unbranched alkanes of at least 4 members (excludes halogenated alkanes) is 1. The molecule has 7 heteroatoms. The molecule has 0 aliphatic carbocycles. The van der Waals surface area contributed by atoms with Crippen LogP contribution in [0.5, 0.6) is 0 Å². The van der Waals surface area contributed by atoms with Crippen LogP contribution in [0.4, 0.5) is 4.39 Å². The highest BCUT2D eigenvalue weighted by molar-refractivity contribution is 7.98. The van der Waals surface area contributed by atoms with Gasteiger partial charge in [-0.2, -0.15) is 0 Å². The molecule has 0 fully saturated rings. The van der Waals surface area contributed by atoms with Gasteiger partial charge in [-0.15, -0.1) is 10.2 Å². The number of aromatic nitrogens is 2. The summed E-state index contributed by atoms with van der Waals surface area (Å²) in [6.07, 6.45) is 2.90. The smallest absolute Gasteiger partial charge is 0.276 e. The molecule has 1 aromatic heterocycles. The molecule has 0 atom stereocenters. The van der Waals surface area contributed by atoms with Crippen LogP contribution in [0.25, 0.3) is 0 Å². The van der Waals surface area contributed by atoms with E-state index < -0.39 is 0 Å². The monoisotopic (exact) mass is 317 g/mol. The molecule has 0 aliphatic rings. The maximum atomic E-state index is 12.7. The maximum Gasteiger partial charge on any atom is 0.276 e. The summed E-state index contributed by atoms with van der Waals surface area (Å²) in [5.74, 6) is 1.15. The lowest BCUT2D eigenvalue weighted by Crippen LogP contribution is -3.00. The zero-order valence-electron chi connectivity index (χ0n) is 11.0. The average Bonchev–Trinajstić information content (AvgIpc) is 2.86. The maximum absolute atomic E-state index is 12.7. The SMILES string of the molecule is [Cl-].[NH3+]CCCCc1nnc(SCc2ccc(F)cc2)o1. The molecular weight excluding hydrogens is 301 g/mol. The summed E-state index contributed by atoms with van der Waals surface area (Å²) < 4.78 is 18.3. The third-order valence-corrected chi connectivity index (χ3v) is 3.50. The van der Waals surface area contributed by atoms with Gasteiger partial charge in [-0.1, -0.05) is 23.9 Å². The standard InChI is InChI=1S/C13H16FN3OS.ClH/c14-11-6-4-10(5-7-11)9-19-13-17-16-12(18-13)3-1-2-8-15;/h4-7H,1-3,8-9,15H2;1H. The van der Waals surface area contributed by atoms with Gasteiger partial charge < -0.3 is 22.6 Å². The van der Waals surface area contributed by atoms with Gasteiger partial charge in [0.15, 0.2) is 0 Å². The Balaban J connectivity index is 0.00000200. The van der Waals surface area contributed by atoms with E-state index in [1.165, 1.54) is 23.9 Å². The van der Waals surface area contributed by atoms with Gasteiger partial charge in [0.05, 0.1) is 6.54 Å². The van der Waals surface area contributed by atoms with Crippen molar-refractivity contribution in [3.8, 4) is 0 Å². The van der Waals surface area contributed by atoms with E-state index in [9.17, 15) is 4.39 Å². The van der Waals surface area contributed by atoms with E-state index >= 15 is 0 Å². The minimum absolute atomic E-state index is 0.